The monoisotopic (exact) mass is 260 g/mol. The van der Waals surface area contributed by atoms with Crippen LogP contribution < -0.4 is 5.32 Å². The topological polar surface area (TPSA) is 32.3 Å². The quantitative estimate of drug-likeness (QED) is 0.812. The van der Waals surface area contributed by atoms with E-state index in [1.54, 1.807) is 6.26 Å². The summed E-state index contributed by atoms with van der Waals surface area (Å²) in [6.45, 7) is 11.2. The molecule has 0 aliphatic carbocycles. The second kappa shape index (κ2) is 6.86. The molecule has 4 atom stereocenters. The van der Waals surface area contributed by atoms with E-state index in [1.807, 2.05) is 0 Å². The maximum atomic E-state index is 11.4. The van der Waals surface area contributed by atoms with Crippen molar-refractivity contribution in [2.75, 3.05) is 25.1 Å². The van der Waals surface area contributed by atoms with Gasteiger partial charge in [-0.3, -0.25) is 9.11 Å². The third-order valence-corrected chi connectivity index (χ3v) is 4.76. The molecule has 1 N–H and O–H groups in total. The normalized spacial score (nSPS) is 30.5. The predicted octanol–water partition coefficient (Wildman–Crippen LogP) is 1.46. The van der Waals surface area contributed by atoms with Crippen molar-refractivity contribution in [2.45, 2.75) is 52.2 Å². The fourth-order valence-electron chi connectivity index (χ4n) is 2.65. The van der Waals surface area contributed by atoms with Crippen molar-refractivity contribution in [3.8, 4) is 0 Å². The molecule has 0 amide bonds. The molecule has 1 fully saturated rings. The number of rotatable bonds is 5. The Labute approximate surface area is 109 Å². The summed E-state index contributed by atoms with van der Waals surface area (Å²) >= 11 is 0. The van der Waals surface area contributed by atoms with E-state index in [-0.39, 0.29) is 0 Å². The summed E-state index contributed by atoms with van der Waals surface area (Å²) in [5, 5.41) is 3.64. The van der Waals surface area contributed by atoms with Crippen molar-refractivity contribution in [1.29, 1.82) is 0 Å². The largest absolute Gasteiger partial charge is 0.311 e. The molecule has 4 unspecified atom stereocenters. The average molecular weight is 260 g/mol. The lowest BCUT2D eigenvalue weighted by Gasteiger charge is -2.44. The Morgan fingerprint density at radius 3 is 2.53 bits per heavy atom. The first kappa shape index (κ1) is 15.1. The Morgan fingerprint density at radius 2 is 2.06 bits per heavy atom. The molecule has 1 aliphatic heterocycles. The summed E-state index contributed by atoms with van der Waals surface area (Å²) in [4.78, 5) is 2.56. The fraction of sp³-hybridized carbons (Fsp3) is 1.00. The van der Waals surface area contributed by atoms with Crippen LogP contribution in [-0.2, 0) is 10.8 Å². The molecule has 0 radical (unpaired) electrons. The highest BCUT2D eigenvalue weighted by Crippen LogP contribution is 2.18. The highest BCUT2D eigenvalue weighted by atomic mass is 32.2. The van der Waals surface area contributed by atoms with Gasteiger partial charge in [0.1, 0.15) is 0 Å². The van der Waals surface area contributed by atoms with Crippen LogP contribution in [0.5, 0.6) is 0 Å². The van der Waals surface area contributed by atoms with E-state index in [0.29, 0.717) is 24.0 Å². The van der Waals surface area contributed by atoms with Gasteiger partial charge in [0.05, 0.1) is 0 Å². The van der Waals surface area contributed by atoms with Crippen molar-refractivity contribution in [3.05, 3.63) is 0 Å². The predicted molar refractivity (Wildman–Crippen MR) is 75.8 cm³/mol. The molecule has 1 heterocycles. The van der Waals surface area contributed by atoms with Gasteiger partial charge < -0.3 is 5.32 Å². The van der Waals surface area contributed by atoms with Crippen LogP contribution in [-0.4, -0.2) is 52.3 Å². The Balaban J connectivity index is 2.65. The van der Waals surface area contributed by atoms with E-state index in [1.165, 1.54) is 6.42 Å². The van der Waals surface area contributed by atoms with E-state index in [4.69, 9.17) is 0 Å². The molecule has 1 aliphatic rings. The van der Waals surface area contributed by atoms with Gasteiger partial charge in [-0.2, -0.15) is 0 Å². The summed E-state index contributed by atoms with van der Waals surface area (Å²) in [6, 6.07) is 1.60. The summed E-state index contributed by atoms with van der Waals surface area (Å²) in [5.74, 6) is 1.45. The molecule has 0 aromatic carbocycles. The van der Waals surface area contributed by atoms with Crippen molar-refractivity contribution in [3.63, 3.8) is 0 Å². The maximum absolute atomic E-state index is 11.4. The highest BCUT2D eigenvalue weighted by Gasteiger charge is 2.31. The molecule has 0 aromatic rings. The minimum Gasteiger partial charge on any atom is -0.311 e. The zero-order chi connectivity index (χ0) is 13.0. The second-order valence-electron chi connectivity index (χ2n) is 5.61. The number of hydrogen-bond acceptors (Lipinski definition) is 3. The lowest BCUT2D eigenvalue weighted by Crippen LogP contribution is -2.60. The zero-order valence-corrected chi connectivity index (χ0v) is 12.7. The molecular formula is C13H28N2OS. The van der Waals surface area contributed by atoms with Crippen molar-refractivity contribution >= 4 is 10.8 Å². The zero-order valence-electron chi connectivity index (χ0n) is 11.9. The van der Waals surface area contributed by atoms with Crippen LogP contribution in [0, 0.1) is 5.92 Å². The van der Waals surface area contributed by atoms with E-state index < -0.39 is 10.8 Å². The van der Waals surface area contributed by atoms with Gasteiger partial charge >= 0.3 is 0 Å². The molecule has 0 bridgehead atoms. The third kappa shape index (κ3) is 4.34. The first-order valence-electron chi connectivity index (χ1n) is 6.74. The Hall–Kier alpha value is 0.0700. The average Bonchev–Trinajstić information content (AvgIpc) is 2.27. The first-order valence-corrected chi connectivity index (χ1v) is 8.47. The smallest absolute Gasteiger partial charge is 0.0385 e. The Morgan fingerprint density at radius 1 is 1.41 bits per heavy atom. The summed E-state index contributed by atoms with van der Waals surface area (Å²) in [6.07, 6.45) is 2.97. The first-order chi connectivity index (χ1) is 7.95. The van der Waals surface area contributed by atoms with Crippen LogP contribution in [0.1, 0.15) is 34.1 Å². The molecule has 17 heavy (non-hydrogen) atoms. The Kier molecular flexibility index (Phi) is 6.10. The molecular weight excluding hydrogens is 232 g/mol. The third-order valence-electron chi connectivity index (χ3n) is 3.81. The van der Waals surface area contributed by atoms with Crippen molar-refractivity contribution in [2.24, 2.45) is 5.92 Å². The lowest BCUT2D eigenvalue weighted by atomic mass is 9.97. The van der Waals surface area contributed by atoms with Crippen molar-refractivity contribution in [1.82, 2.24) is 10.2 Å². The summed E-state index contributed by atoms with van der Waals surface area (Å²) in [5.41, 5.74) is 0. The summed E-state index contributed by atoms with van der Waals surface area (Å²) in [7, 11) is -0.698. The molecule has 102 valence electrons. The van der Waals surface area contributed by atoms with Crippen LogP contribution >= 0.6 is 0 Å². The van der Waals surface area contributed by atoms with Gasteiger partial charge in [0, 0.05) is 54.0 Å². The van der Waals surface area contributed by atoms with Crippen LogP contribution in [0.25, 0.3) is 0 Å². The van der Waals surface area contributed by atoms with Gasteiger partial charge in [0.25, 0.3) is 0 Å². The minimum atomic E-state index is -0.698. The summed E-state index contributed by atoms with van der Waals surface area (Å²) < 4.78 is 11.4. The van der Waals surface area contributed by atoms with Gasteiger partial charge in [-0.05, 0) is 19.3 Å². The molecule has 1 saturated heterocycles. The number of piperazine rings is 1. The maximum Gasteiger partial charge on any atom is 0.0385 e. The molecule has 3 nitrogen and oxygen atoms in total. The van der Waals surface area contributed by atoms with Crippen LogP contribution in [0.2, 0.25) is 0 Å². The lowest BCUT2D eigenvalue weighted by molar-refractivity contribution is 0.0825. The number of nitrogens with one attached hydrogen (secondary N) is 1. The number of hydrogen-bond donors (Lipinski definition) is 1. The van der Waals surface area contributed by atoms with Gasteiger partial charge in [-0.15, -0.1) is 0 Å². The molecule has 4 heteroatoms. The van der Waals surface area contributed by atoms with E-state index in [2.05, 4.69) is 37.9 Å². The SMILES string of the molecule is CCC1CNC(C(C)C)CN1C(C)CS(C)=O. The van der Waals surface area contributed by atoms with Gasteiger partial charge in [-0.1, -0.05) is 20.8 Å². The number of nitrogens with zero attached hydrogens (tertiary/aromatic N) is 1. The van der Waals surface area contributed by atoms with E-state index in [9.17, 15) is 4.21 Å². The van der Waals surface area contributed by atoms with Gasteiger partial charge in [0.2, 0.25) is 0 Å². The standard InChI is InChI=1S/C13H28N2OS/c1-6-12-7-14-13(10(2)3)8-15(12)11(4)9-17(5)16/h10-14H,6-9H2,1-5H3. The molecule has 0 spiro atoms. The van der Waals surface area contributed by atoms with Crippen molar-refractivity contribution < 1.29 is 4.21 Å². The molecule has 0 aromatic heterocycles. The second-order valence-corrected chi connectivity index (χ2v) is 7.09. The van der Waals surface area contributed by atoms with Crippen LogP contribution in [0.15, 0.2) is 0 Å². The minimum absolute atomic E-state index is 0.425. The molecule has 1 rings (SSSR count). The molecule has 0 saturated carbocycles. The van der Waals surface area contributed by atoms with Crippen LogP contribution in [0.3, 0.4) is 0 Å². The van der Waals surface area contributed by atoms with E-state index in [0.717, 1.165) is 18.8 Å². The highest BCUT2D eigenvalue weighted by molar-refractivity contribution is 7.84. The van der Waals surface area contributed by atoms with Crippen LogP contribution in [0.4, 0.5) is 0 Å². The van der Waals surface area contributed by atoms with E-state index >= 15 is 0 Å². The fourth-order valence-corrected chi connectivity index (χ4v) is 3.52. The Bertz CT molecular complexity index is 258. The van der Waals surface area contributed by atoms with Gasteiger partial charge in [0.15, 0.2) is 0 Å². The van der Waals surface area contributed by atoms with Gasteiger partial charge in [-0.25, -0.2) is 0 Å².